The molecule has 1 amide bonds. The smallest absolute Gasteiger partial charge is 0.236 e. The van der Waals surface area contributed by atoms with Crippen molar-refractivity contribution in [2.75, 3.05) is 37.6 Å². The Kier molecular flexibility index (Phi) is 5.93. The highest BCUT2D eigenvalue weighted by Crippen LogP contribution is 2.50. The molecule has 1 fully saturated rings. The number of rotatable bonds is 4. The molecule has 1 atom stereocenters. The Balaban J connectivity index is 1.40. The summed E-state index contributed by atoms with van der Waals surface area (Å²) in [5.41, 5.74) is 5.33. The molecule has 1 heterocycles. The van der Waals surface area contributed by atoms with Gasteiger partial charge >= 0.3 is 0 Å². The van der Waals surface area contributed by atoms with Crippen LogP contribution in [0.2, 0.25) is 5.02 Å². The number of nitrogens with one attached hydrogen (secondary N) is 1. The average molecular weight is 442 g/mol. The Morgan fingerprint density at radius 2 is 1.87 bits per heavy atom. The van der Waals surface area contributed by atoms with Crippen molar-refractivity contribution in [3.63, 3.8) is 0 Å². The molecule has 31 heavy (non-hydrogen) atoms. The standard InChI is InChI=1S/C25H32ClN3O2/c1-16-12-17(2)23(31)22-20(16)14-25(3,4)24(22)27-15-21(30)29-10-8-28(9-11-29)19-7-5-6-18(26)13-19/h5-7,12-13,24,27,31H,8-11,14-15H2,1-4H3. The summed E-state index contributed by atoms with van der Waals surface area (Å²) >= 11 is 6.12. The fraction of sp³-hybridized carbons (Fsp3) is 0.480. The molecule has 166 valence electrons. The zero-order chi connectivity index (χ0) is 22.3. The number of carbonyl (C=O) groups excluding carboxylic acids is 1. The lowest BCUT2D eigenvalue weighted by Gasteiger charge is -2.37. The maximum atomic E-state index is 13.0. The van der Waals surface area contributed by atoms with Gasteiger partial charge in [0.2, 0.25) is 5.91 Å². The number of hydrogen-bond acceptors (Lipinski definition) is 4. The highest BCUT2D eigenvalue weighted by Gasteiger charge is 2.42. The van der Waals surface area contributed by atoms with Gasteiger partial charge in [0.1, 0.15) is 5.75 Å². The number of piperazine rings is 1. The van der Waals surface area contributed by atoms with E-state index >= 15 is 0 Å². The van der Waals surface area contributed by atoms with E-state index in [2.05, 4.69) is 43.1 Å². The number of nitrogens with zero attached hydrogens (tertiary/aromatic N) is 2. The first-order valence-corrected chi connectivity index (χ1v) is 11.4. The zero-order valence-corrected chi connectivity index (χ0v) is 19.6. The van der Waals surface area contributed by atoms with Crippen molar-refractivity contribution < 1.29 is 9.90 Å². The first-order valence-electron chi connectivity index (χ1n) is 11.0. The Bertz CT molecular complexity index is 997. The quantitative estimate of drug-likeness (QED) is 0.745. The summed E-state index contributed by atoms with van der Waals surface area (Å²) in [6.07, 6.45) is 0.895. The molecule has 1 saturated heterocycles. The van der Waals surface area contributed by atoms with Crippen molar-refractivity contribution in [2.45, 2.75) is 40.2 Å². The van der Waals surface area contributed by atoms with Crippen LogP contribution in [0.4, 0.5) is 5.69 Å². The van der Waals surface area contributed by atoms with Crippen molar-refractivity contribution in [1.29, 1.82) is 0 Å². The molecule has 0 spiro atoms. The Morgan fingerprint density at radius 1 is 1.16 bits per heavy atom. The molecular formula is C25H32ClN3O2. The van der Waals surface area contributed by atoms with Gasteiger partial charge in [0.05, 0.1) is 6.54 Å². The van der Waals surface area contributed by atoms with Crippen LogP contribution < -0.4 is 10.2 Å². The summed E-state index contributed by atoms with van der Waals surface area (Å²) in [5.74, 6) is 0.477. The minimum absolute atomic E-state index is 0.0437. The monoisotopic (exact) mass is 441 g/mol. The second-order valence-corrected chi connectivity index (χ2v) is 10.0. The number of phenolic OH excluding ortho intramolecular Hbond substituents is 1. The maximum absolute atomic E-state index is 13.0. The first kappa shape index (κ1) is 22.0. The number of aromatic hydroxyl groups is 1. The highest BCUT2D eigenvalue weighted by molar-refractivity contribution is 6.30. The van der Waals surface area contributed by atoms with Gasteiger partial charge in [0.25, 0.3) is 0 Å². The van der Waals surface area contributed by atoms with Crippen LogP contribution >= 0.6 is 11.6 Å². The lowest BCUT2D eigenvalue weighted by molar-refractivity contribution is -0.130. The van der Waals surface area contributed by atoms with Crippen LogP contribution in [0, 0.1) is 19.3 Å². The SMILES string of the molecule is Cc1cc(C)c2c(c1O)C(NCC(=O)N1CCN(c3cccc(Cl)c3)CC1)C(C)(C)C2. The van der Waals surface area contributed by atoms with Gasteiger partial charge in [0.15, 0.2) is 0 Å². The Labute approximate surface area is 190 Å². The molecule has 0 saturated carbocycles. The molecule has 0 radical (unpaired) electrons. The van der Waals surface area contributed by atoms with Crippen LogP contribution in [-0.2, 0) is 11.2 Å². The number of aryl methyl sites for hydroxylation is 2. The molecule has 4 rings (SSSR count). The predicted octanol–water partition coefficient (Wildman–Crippen LogP) is 4.22. The number of phenols is 1. The predicted molar refractivity (Wildman–Crippen MR) is 126 cm³/mol. The van der Waals surface area contributed by atoms with E-state index in [4.69, 9.17) is 11.6 Å². The molecular weight excluding hydrogens is 410 g/mol. The number of hydrogen-bond donors (Lipinski definition) is 2. The third kappa shape index (κ3) is 4.26. The summed E-state index contributed by atoms with van der Waals surface area (Å²) in [5, 5.41) is 15.0. The minimum atomic E-state index is -0.0656. The summed E-state index contributed by atoms with van der Waals surface area (Å²) in [4.78, 5) is 17.2. The van der Waals surface area contributed by atoms with Crippen LogP contribution in [-0.4, -0.2) is 48.6 Å². The number of halogens is 1. The largest absolute Gasteiger partial charge is 0.507 e. The van der Waals surface area contributed by atoms with E-state index in [-0.39, 0.29) is 23.9 Å². The van der Waals surface area contributed by atoms with Gasteiger partial charge in [-0.1, -0.05) is 37.6 Å². The second kappa shape index (κ2) is 8.36. The topological polar surface area (TPSA) is 55.8 Å². The van der Waals surface area contributed by atoms with Crippen molar-refractivity contribution in [1.82, 2.24) is 10.2 Å². The first-order chi connectivity index (χ1) is 14.7. The number of carbonyl (C=O) groups is 1. The summed E-state index contributed by atoms with van der Waals surface area (Å²) in [6, 6.07) is 9.87. The van der Waals surface area contributed by atoms with Gasteiger partial charge < -0.3 is 20.2 Å². The molecule has 5 nitrogen and oxygen atoms in total. The van der Waals surface area contributed by atoms with E-state index in [0.717, 1.165) is 41.3 Å². The van der Waals surface area contributed by atoms with E-state index in [1.165, 1.54) is 11.1 Å². The molecule has 0 aromatic heterocycles. The summed E-state index contributed by atoms with van der Waals surface area (Å²) in [7, 11) is 0. The van der Waals surface area contributed by atoms with E-state index in [9.17, 15) is 9.90 Å². The average Bonchev–Trinajstić information content (AvgIpc) is 3.01. The summed E-state index contributed by atoms with van der Waals surface area (Å²) < 4.78 is 0. The van der Waals surface area contributed by atoms with E-state index in [1.807, 2.05) is 30.0 Å². The lowest BCUT2D eigenvalue weighted by Crippen LogP contribution is -2.51. The second-order valence-electron chi connectivity index (χ2n) is 9.58. The lowest BCUT2D eigenvalue weighted by atomic mass is 9.85. The molecule has 2 N–H and O–H groups in total. The van der Waals surface area contributed by atoms with Crippen LogP contribution in [0.25, 0.3) is 0 Å². The van der Waals surface area contributed by atoms with Crippen molar-refractivity contribution >= 4 is 23.2 Å². The fourth-order valence-electron chi connectivity index (χ4n) is 5.11. The van der Waals surface area contributed by atoms with Gasteiger partial charge in [-0.15, -0.1) is 0 Å². The number of fused-ring (bicyclic) bond motifs is 1. The van der Waals surface area contributed by atoms with Crippen LogP contribution in [0.1, 0.15) is 42.1 Å². The van der Waals surface area contributed by atoms with Crippen LogP contribution in [0.15, 0.2) is 30.3 Å². The minimum Gasteiger partial charge on any atom is -0.507 e. The van der Waals surface area contributed by atoms with Crippen molar-refractivity contribution in [3.8, 4) is 5.75 Å². The molecule has 0 bridgehead atoms. The van der Waals surface area contributed by atoms with Crippen molar-refractivity contribution in [3.05, 3.63) is 57.6 Å². The molecule has 6 heteroatoms. The van der Waals surface area contributed by atoms with Crippen molar-refractivity contribution in [2.24, 2.45) is 5.41 Å². The molecule has 2 aromatic carbocycles. The van der Waals surface area contributed by atoms with E-state index in [1.54, 1.807) is 0 Å². The van der Waals surface area contributed by atoms with Crippen LogP contribution in [0.3, 0.4) is 0 Å². The molecule has 2 aromatic rings. The normalized spacial score (nSPS) is 20.1. The number of benzene rings is 2. The van der Waals surface area contributed by atoms with Gasteiger partial charge in [-0.25, -0.2) is 0 Å². The fourth-order valence-corrected chi connectivity index (χ4v) is 5.29. The third-order valence-corrected chi connectivity index (χ3v) is 7.06. The Hall–Kier alpha value is -2.24. The van der Waals surface area contributed by atoms with Crippen LogP contribution in [0.5, 0.6) is 5.75 Å². The number of amides is 1. The maximum Gasteiger partial charge on any atom is 0.236 e. The molecule has 1 unspecified atom stereocenters. The van der Waals surface area contributed by atoms with Gasteiger partial charge in [-0.3, -0.25) is 4.79 Å². The Morgan fingerprint density at radius 3 is 2.55 bits per heavy atom. The zero-order valence-electron chi connectivity index (χ0n) is 18.8. The van der Waals surface area contributed by atoms with Gasteiger partial charge in [-0.05, 0) is 60.6 Å². The molecule has 1 aliphatic heterocycles. The number of anilines is 1. The summed E-state index contributed by atoms with van der Waals surface area (Å²) in [6.45, 7) is 11.7. The van der Waals surface area contributed by atoms with Gasteiger partial charge in [0, 0.05) is 48.5 Å². The molecule has 2 aliphatic rings. The van der Waals surface area contributed by atoms with E-state index in [0.29, 0.717) is 18.8 Å². The van der Waals surface area contributed by atoms with Gasteiger partial charge in [-0.2, -0.15) is 0 Å². The molecule has 1 aliphatic carbocycles. The third-order valence-electron chi connectivity index (χ3n) is 6.83. The van der Waals surface area contributed by atoms with E-state index < -0.39 is 0 Å². The highest BCUT2D eigenvalue weighted by atomic mass is 35.5.